The number of halogens is 1. The second-order valence-electron chi connectivity index (χ2n) is 6.34. The zero-order valence-corrected chi connectivity index (χ0v) is 15.4. The molecule has 0 bridgehead atoms. The van der Waals surface area contributed by atoms with E-state index in [9.17, 15) is 14.0 Å². The molecule has 2 aromatic carbocycles. The van der Waals surface area contributed by atoms with Crippen LogP contribution >= 0.6 is 0 Å². The summed E-state index contributed by atoms with van der Waals surface area (Å²) in [4.78, 5) is 30.8. The molecule has 142 valence electrons. The van der Waals surface area contributed by atoms with Crippen molar-refractivity contribution in [1.29, 1.82) is 0 Å². The van der Waals surface area contributed by atoms with Gasteiger partial charge in [-0.05, 0) is 54.6 Å². The Bertz CT molecular complexity index is 959. The highest BCUT2D eigenvalue weighted by Crippen LogP contribution is 2.14. The average Bonchev–Trinajstić information content (AvgIpc) is 2.73. The first-order valence-electron chi connectivity index (χ1n) is 8.85. The van der Waals surface area contributed by atoms with Crippen LogP contribution in [0.2, 0.25) is 0 Å². The fourth-order valence-corrected chi connectivity index (χ4v) is 2.68. The van der Waals surface area contributed by atoms with E-state index in [0.717, 1.165) is 5.69 Å². The van der Waals surface area contributed by atoms with Gasteiger partial charge in [-0.15, -0.1) is 0 Å². The lowest BCUT2D eigenvalue weighted by atomic mass is 10.1. The molecular weight excluding hydrogens is 357 g/mol. The van der Waals surface area contributed by atoms with Crippen LogP contribution in [0.3, 0.4) is 0 Å². The lowest BCUT2D eigenvalue weighted by Gasteiger charge is -2.17. The van der Waals surface area contributed by atoms with E-state index in [0.29, 0.717) is 29.8 Å². The number of anilines is 1. The van der Waals surface area contributed by atoms with Gasteiger partial charge >= 0.3 is 0 Å². The monoisotopic (exact) mass is 377 g/mol. The molecule has 1 heterocycles. The van der Waals surface area contributed by atoms with E-state index in [1.165, 1.54) is 24.3 Å². The molecule has 0 saturated heterocycles. The number of likely N-dealkylation sites (N-methyl/N-ethyl adjacent to an activating group) is 1. The van der Waals surface area contributed by atoms with Crippen LogP contribution < -0.4 is 5.32 Å². The van der Waals surface area contributed by atoms with Crippen LogP contribution in [0.25, 0.3) is 0 Å². The number of nitrogens with one attached hydrogen (secondary N) is 1. The number of carbonyl (C=O) groups excluding carboxylic acids is 2. The van der Waals surface area contributed by atoms with Crippen molar-refractivity contribution >= 4 is 17.5 Å². The molecule has 0 unspecified atom stereocenters. The van der Waals surface area contributed by atoms with Gasteiger partial charge in [0.1, 0.15) is 5.82 Å². The largest absolute Gasteiger partial charge is 0.341 e. The zero-order valence-electron chi connectivity index (χ0n) is 15.4. The predicted octanol–water partition coefficient (Wildman–Crippen LogP) is 3.79. The summed E-state index contributed by atoms with van der Waals surface area (Å²) in [5.41, 5.74) is 2.23. The number of aromatic nitrogens is 1. The maximum absolute atomic E-state index is 13.0. The van der Waals surface area contributed by atoms with E-state index < -0.39 is 5.82 Å². The van der Waals surface area contributed by atoms with Crippen molar-refractivity contribution in [2.24, 2.45) is 0 Å². The first-order chi connectivity index (χ1) is 13.5. The van der Waals surface area contributed by atoms with Crippen molar-refractivity contribution in [2.75, 3.05) is 18.9 Å². The molecule has 28 heavy (non-hydrogen) atoms. The van der Waals surface area contributed by atoms with Crippen molar-refractivity contribution in [2.45, 2.75) is 6.42 Å². The van der Waals surface area contributed by atoms with E-state index >= 15 is 0 Å². The van der Waals surface area contributed by atoms with Crippen LogP contribution in [-0.2, 0) is 6.42 Å². The second-order valence-corrected chi connectivity index (χ2v) is 6.34. The Labute approximate surface area is 162 Å². The lowest BCUT2D eigenvalue weighted by molar-refractivity contribution is 0.0796. The van der Waals surface area contributed by atoms with Crippen molar-refractivity contribution in [3.8, 4) is 0 Å². The fraction of sp³-hybridized carbons (Fsp3) is 0.136. The fourth-order valence-electron chi connectivity index (χ4n) is 2.68. The summed E-state index contributed by atoms with van der Waals surface area (Å²) < 4.78 is 13.0. The molecule has 3 rings (SSSR count). The standard InChI is InChI=1S/C22H20FN3O2/c1-26(14-12-19-6-2-3-13-24-19)22(28)17-5-4-7-20(15-17)25-21(27)16-8-10-18(23)11-9-16/h2-11,13,15H,12,14H2,1H3,(H,25,27). The Kier molecular flexibility index (Phi) is 6.11. The minimum absolute atomic E-state index is 0.145. The zero-order chi connectivity index (χ0) is 19.9. The molecule has 0 fully saturated rings. The number of hydrogen-bond acceptors (Lipinski definition) is 3. The summed E-state index contributed by atoms with van der Waals surface area (Å²) in [6, 6.07) is 17.7. The summed E-state index contributed by atoms with van der Waals surface area (Å²) in [6.07, 6.45) is 2.38. The summed E-state index contributed by atoms with van der Waals surface area (Å²) in [5, 5.41) is 2.73. The van der Waals surface area contributed by atoms with Gasteiger partial charge < -0.3 is 10.2 Å². The molecular formula is C22H20FN3O2. The minimum Gasteiger partial charge on any atom is -0.341 e. The van der Waals surface area contributed by atoms with Gasteiger partial charge in [0.15, 0.2) is 0 Å². The van der Waals surface area contributed by atoms with E-state index in [4.69, 9.17) is 0 Å². The van der Waals surface area contributed by atoms with Crippen LogP contribution in [0.5, 0.6) is 0 Å². The van der Waals surface area contributed by atoms with Gasteiger partial charge in [-0.2, -0.15) is 0 Å². The normalized spacial score (nSPS) is 10.4. The molecule has 0 radical (unpaired) electrons. The summed E-state index contributed by atoms with van der Waals surface area (Å²) >= 11 is 0. The van der Waals surface area contributed by atoms with Gasteiger partial charge in [0.25, 0.3) is 11.8 Å². The van der Waals surface area contributed by atoms with Crippen LogP contribution in [-0.4, -0.2) is 35.3 Å². The number of nitrogens with zero attached hydrogens (tertiary/aromatic N) is 2. The third-order valence-corrected chi connectivity index (χ3v) is 4.25. The van der Waals surface area contributed by atoms with Crippen molar-refractivity contribution in [3.05, 3.63) is 95.6 Å². The molecule has 0 atom stereocenters. The lowest BCUT2D eigenvalue weighted by Crippen LogP contribution is -2.29. The first kappa shape index (κ1) is 19.2. The Balaban J connectivity index is 1.63. The summed E-state index contributed by atoms with van der Waals surface area (Å²) in [5.74, 6) is -0.917. The average molecular weight is 377 g/mol. The van der Waals surface area contributed by atoms with Gasteiger partial charge in [0, 0.05) is 48.7 Å². The van der Waals surface area contributed by atoms with Gasteiger partial charge in [-0.1, -0.05) is 12.1 Å². The Morgan fingerprint density at radius 1 is 1.00 bits per heavy atom. The number of rotatable bonds is 6. The highest BCUT2D eigenvalue weighted by molar-refractivity contribution is 6.05. The number of pyridine rings is 1. The number of carbonyl (C=O) groups is 2. The molecule has 3 aromatic rings. The van der Waals surface area contributed by atoms with Crippen molar-refractivity contribution in [1.82, 2.24) is 9.88 Å². The Morgan fingerprint density at radius 2 is 1.79 bits per heavy atom. The van der Waals surface area contributed by atoms with E-state index in [2.05, 4.69) is 10.3 Å². The molecule has 1 N–H and O–H groups in total. The van der Waals surface area contributed by atoms with E-state index in [1.807, 2.05) is 18.2 Å². The highest BCUT2D eigenvalue weighted by Gasteiger charge is 2.13. The van der Waals surface area contributed by atoms with Crippen LogP contribution in [0.4, 0.5) is 10.1 Å². The molecule has 0 aliphatic rings. The smallest absolute Gasteiger partial charge is 0.255 e. The number of benzene rings is 2. The quantitative estimate of drug-likeness (QED) is 0.711. The SMILES string of the molecule is CN(CCc1ccccn1)C(=O)c1cccc(NC(=O)c2ccc(F)cc2)c1. The Hall–Kier alpha value is -3.54. The summed E-state index contributed by atoms with van der Waals surface area (Å²) in [7, 11) is 1.73. The topological polar surface area (TPSA) is 62.3 Å². The summed E-state index contributed by atoms with van der Waals surface area (Å²) in [6.45, 7) is 0.530. The Morgan fingerprint density at radius 3 is 2.50 bits per heavy atom. The van der Waals surface area contributed by atoms with Crippen LogP contribution in [0, 0.1) is 5.82 Å². The molecule has 0 aliphatic heterocycles. The molecule has 5 nitrogen and oxygen atoms in total. The third kappa shape index (κ3) is 5.01. The molecule has 0 saturated carbocycles. The maximum Gasteiger partial charge on any atom is 0.255 e. The second kappa shape index (κ2) is 8.90. The maximum atomic E-state index is 13.0. The van der Waals surface area contributed by atoms with E-state index in [1.54, 1.807) is 42.4 Å². The van der Waals surface area contributed by atoms with Gasteiger partial charge in [0.2, 0.25) is 0 Å². The molecule has 0 aliphatic carbocycles. The first-order valence-corrected chi connectivity index (χ1v) is 8.85. The number of hydrogen-bond donors (Lipinski definition) is 1. The van der Waals surface area contributed by atoms with Crippen molar-refractivity contribution in [3.63, 3.8) is 0 Å². The number of amides is 2. The molecule has 6 heteroatoms. The van der Waals surface area contributed by atoms with E-state index in [-0.39, 0.29) is 11.8 Å². The van der Waals surface area contributed by atoms with Crippen LogP contribution in [0.1, 0.15) is 26.4 Å². The molecule has 1 aromatic heterocycles. The van der Waals surface area contributed by atoms with Crippen molar-refractivity contribution < 1.29 is 14.0 Å². The predicted molar refractivity (Wildman–Crippen MR) is 106 cm³/mol. The molecule has 0 spiro atoms. The van der Waals surface area contributed by atoms with Gasteiger partial charge in [0.05, 0.1) is 0 Å². The molecule has 2 amide bonds. The third-order valence-electron chi connectivity index (χ3n) is 4.25. The van der Waals surface area contributed by atoms with Gasteiger partial charge in [-0.25, -0.2) is 4.39 Å². The minimum atomic E-state index is -0.405. The highest BCUT2D eigenvalue weighted by atomic mass is 19.1. The van der Waals surface area contributed by atoms with Gasteiger partial charge in [-0.3, -0.25) is 14.6 Å². The van der Waals surface area contributed by atoms with Crippen LogP contribution in [0.15, 0.2) is 72.9 Å².